The Bertz CT molecular complexity index is 556. The molecular weight excluding hydrogens is 302 g/mol. The van der Waals surface area contributed by atoms with Gasteiger partial charge in [-0.1, -0.05) is 43.7 Å². The van der Waals surface area contributed by atoms with E-state index in [-0.39, 0.29) is 16.5 Å². The molecule has 5 N–H and O–H groups in total. The lowest BCUT2D eigenvalue weighted by Crippen LogP contribution is -2.37. The predicted molar refractivity (Wildman–Crippen MR) is 87.8 cm³/mol. The van der Waals surface area contributed by atoms with Crippen molar-refractivity contribution < 1.29 is 9.59 Å². The lowest BCUT2D eigenvalue weighted by molar-refractivity contribution is -0.117. The summed E-state index contributed by atoms with van der Waals surface area (Å²) >= 11 is 5.96. The van der Waals surface area contributed by atoms with Crippen LogP contribution in [0, 0.1) is 5.92 Å². The molecule has 2 rings (SSSR count). The largest absolute Gasteiger partial charge is 0.366 e. The van der Waals surface area contributed by atoms with Gasteiger partial charge in [0, 0.05) is 5.69 Å². The predicted octanol–water partition coefficient (Wildman–Crippen LogP) is 2.68. The van der Waals surface area contributed by atoms with Crippen molar-refractivity contribution in [1.82, 2.24) is 0 Å². The van der Waals surface area contributed by atoms with E-state index in [2.05, 4.69) is 5.32 Å². The Kier molecular flexibility index (Phi) is 5.80. The fourth-order valence-electron chi connectivity index (χ4n) is 2.92. The van der Waals surface area contributed by atoms with E-state index in [0.29, 0.717) is 18.0 Å². The maximum Gasteiger partial charge on any atom is 0.250 e. The second-order valence-electron chi connectivity index (χ2n) is 5.89. The number of benzene rings is 1. The third-order valence-corrected chi connectivity index (χ3v) is 4.46. The van der Waals surface area contributed by atoms with E-state index in [1.807, 2.05) is 0 Å². The molecule has 1 aromatic rings. The monoisotopic (exact) mass is 323 g/mol. The van der Waals surface area contributed by atoms with Crippen LogP contribution in [-0.2, 0) is 4.79 Å². The summed E-state index contributed by atoms with van der Waals surface area (Å²) in [6.45, 7) is 0. The third kappa shape index (κ3) is 4.45. The Balaban J connectivity index is 1.93. The molecule has 6 heteroatoms. The number of anilines is 1. The zero-order valence-electron chi connectivity index (χ0n) is 12.5. The number of halogens is 1. The maximum absolute atomic E-state index is 12.1. The first-order chi connectivity index (χ1) is 10.5. The SMILES string of the molecule is NC(=O)c1ccc(NC(=O)C(N)CC2CCCCC2)cc1Cl. The Hall–Kier alpha value is -1.59. The molecular formula is C16H22ClN3O2. The van der Waals surface area contributed by atoms with Gasteiger partial charge in [0.1, 0.15) is 0 Å². The number of rotatable bonds is 5. The molecule has 22 heavy (non-hydrogen) atoms. The summed E-state index contributed by atoms with van der Waals surface area (Å²) in [7, 11) is 0. The van der Waals surface area contributed by atoms with Crippen molar-refractivity contribution >= 4 is 29.1 Å². The van der Waals surface area contributed by atoms with Crippen LogP contribution >= 0.6 is 11.6 Å². The quantitative estimate of drug-likeness (QED) is 0.776. The van der Waals surface area contributed by atoms with Gasteiger partial charge in [-0.25, -0.2) is 0 Å². The first-order valence-corrected chi connectivity index (χ1v) is 8.01. The van der Waals surface area contributed by atoms with E-state index >= 15 is 0 Å². The van der Waals surface area contributed by atoms with Crippen LogP contribution in [0.5, 0.6) is 0 Å². The van der Waals surface area contributed by atoms with Gasteiger partial charge in [-0.05, 0) is 30.5 Å². The van der Waals surface area contributed by atoms with Crippen LogP contribution in [0.3, 0.4) is 0 Å². The molecule has 0 bridgehead atoms. The first-order valence-electron chi connectivity index (χ1n) is 7.63. The molecule has 0 heterocycles. The normalized spacial score (nSPS) is 17.0. The lowest BCUT2D eigenvalue weighted by atomic mass is 9.85. The van der Waals surface area contributed by atoms with Crippen molar-refractivity contribution in [2.75, 3.05) is 5.32 Å². The molecule has 0 radical (unpaired) electrons. The first kappa shape index (κ1) is 16.8. The summed E-state index contributed by atoms with van der Waals surface area (Å²) in [5.74, 6) is -0.291. The summed E-state index contributed by atoms with van der Waals surface area (Å²) in [6, 6.07) is 4.06. The number of carbonyl (C=O) groups is 2. The third-order valence-electron chi connectivity index (χ3n) is 4.15. The highest BCUT2D eigenvalue weighted by atomic mass is 35.5. The van der Waals surface area contributed by atoms with Crippen molar-refractivity contribution in [3.8, 4) is 0 Å². The summed E-state index contributed by atoms with van der Waals surface area (Å²) < 4.78 is 0. The van der Waals surface area contributed by atoms with Crippen molar-refractivity contribution in [3.05, 3.63) is 28.8 Å². The molecule has 1 aliphatic rings. The summed E-state index contributed by atoms with van der Waals surface area (Å²) in [5.41, 5.74) is 11.9. The average Bonchev–Trinajstić information content (AvgIpc) is 2.47. The summed E-state index contributed by atoms with van der Waals surface area (Å²) in [6.07, 6.45) is 6.74. The Morgan fingerprint density at radius 3 is 2.55 bits per heavy atom. The van der Waals surface area contributed by atoms with Crippen LogP contribution < -0.4 is 16.8 Å². The molecule has 1 aromatic carbocycles. The standard InChI is InChI=1S/C16H22ClN3O2/c17-13-9-11(6-7-12(13)15(19)21)20-16(22)14(18)8-10-4-2-1-3-5-10/h6-7,9-10,14H,1-5,8,18H2,(H2,19,21)(H,20,22). The number of hydrogen-bond acceptors (Lipinski definition) is 3. The number of amides is 2. The van der Waals surface area contributed by atoms with Crippen molar-refractivity contribution in [1.29, 1.82) is 0 Å². The Morgan fingerprint density at radius 1 is 1.27 bits per heavy atom. The van der Waals surface area contributed by atoms with Gasteiger partial charge in [0.05, 0.1) is 16.6 Å². The molecule has 0 aromatic heterocycles. The number of carbonyl (C=O) groups excluding carboxylic acids is 2. The Labute approximate surface area is 135 Å². The van der Waals surface area contributed by atoms with E-state index in [1.54, 1.807) is 6.07 Å². The number of nitrogens with two attached hydrogens (primary N) is 2. The molecule has 5 nitrogen and oxygen atoms in total. The Morgan fingerprint density at radius 2 is 1.95 bits per heavy atom. The maximum atomic E-state index is 12.1. The van der Waals surface area contributed by atoms with E-state index in [4.69, 9.17) is 23.1 Å². The molecule has 2 amide bonds. The molecule has 1 fully saturated rings. The van der Waals surface area contributed by atoms with Gasteiger partial charge in [0.25, 0.3) is 0 Å². The van der Waals surface area contributed by atoms with Crippen LogP contribution in [0.15, 0.2) is 18.2 Å². The second-order valence-corrected chi connectivity index (χ2v) is 6.30. The minimum atomic E-state index is -0.600. The highest BCUT2D eigenvalue weighted by Crippen LogP contribution is 2.27. The minimum absolute atomic E-state index is 0.214. The van der Waals surface area contributed by atoms with Crippen molar-refractivity contribution in [3.63, 3.8) is 0 Å². The summed E-state index contributed by atoms with van der Waals surface area (Å²) in [4.78, 5) is 23.3. The molecule has 0 aliphatic heterocycles. The topological polar surface area (TPSA) is 98.2 Å². The molecule has 1 atom stereocenters. The van der Waals surface area contributed by atoms with E-state index < -0.39 is 11.9 Å². The fraction of sp³-hybridized carbons (Fsp3) is 0.500. The van der Waals surface area contributed by atoms with E-state index in [0.717, 1.165) is 12.8 Å². The van der Waals surface area contributed by atoms with E-state index in [9.17, 15) is 9.59 Å². The second kappa shape index (κ2) is 7.61. The van der Waals surface area contributed by atoms with Gasteiger partial charge >= 0.3 is 0 Å². The lowest BCUT2D eigenvalue weighted by Gasteiger charge is -2.24. The molecule has 0 spiro atoms. The van der Waals surface area contributed by atoms with E-state index in [1.165, 1.54) is 31.4 Å². The van der Waals surface area contributed by atoms with Gasteiger partial charge in [0.15, 0.2) is 0 Å². The molecule has 1 aliphatic carbocycles. The van der Waals surface area contributed by atoms with Gasteiger partial charge in [-0.2, -0.15) is 0 Å². The minimum Gasteiger partial charge on any atom is -0.366 e. The number of nitrogens with one attached hydrogen (secondary N) is 1. The highest BCUT2D eigenvalue weighted by molar-refractivity contribution is 6.34. The fourth-order valence-corrected chi connectivity index (χ4v) is 3.19. The smallest absolute Gasteiger partial charge is 0.250 e. The van der Waals surface area contributed by atoms with Gasteiger partial charge in [-0.3, -0.25) is 9.59 Å². The zero-order valence-corrected chi connectivity index (χ0v) is 13.2. The zero-order chi connectivity index (χ0) is 16.1. The number of primary amides is 1. The molecule has 0 saturated heterocycles. The highest BCUT2D eigenvalue weighted by Gasteiger charge is 2.21. The van der Waals surface area contributed by atoms with Crippen LogP contribution in [0.25, 0.3) is 0 Å². The molecule has 120 valence electrons. The van der Waals surface area contributed by atoms with Crippen molar-refractivity contribution in [2.24, 2.45) is 17.4 Å². The van der Waals surface area contributed by atoms with Crippen LogP contribution in [-0.4, -0.2) is 17.9 Å². The van der Waals surface area contributed by atoms with Gasteiger partial charge in [0.2, 0.25) is 11.8 Å². The number of hydrogen-bond donors (Lipinski definition) is 3. The van der Waals surface area contributed by atoms with Crippen LogP contribution in [0.1, 0.15) is 48.9 Å². The molecule has 1 unspecified atom stereocenters. The van der Waals surface area contributed by atoms with Gasteiger partial charge in [-0.15, -0.1) is 0 Å². The summed E-state index contributed by atoms with van der Waals surface area (Å²) in [5, 5.41) is 2.95. The van der Waals surface area contributed by atoms with Crippen molar-refractivity contribution in [2.45, 2.75) is 44.6 Å². The molecule has 1 saturated carbocycles. The van der Waals surface area contributed by atoms with Crippen LogP contribution in [0.2, 0.25) is 5.02 Å². The van der Waals surface area contributed by atoms with Crippen LogP contribution in [0.4, 0.5) is 5.69 Å². The van der Waals surface area contributed by atoms with Gasteiger partial charge < -0.3 is 16.8 Å². The average molecular weight is 324 g/mol.